The number of carboxylic acids is 2. The van der Waals surface area contributed by atoms with E-state index in [1.807, 2.05) is 0 Å². The number of carbonyl (C=O) groups is 7. The van der Waals surface area contributed by atoms with Crippen molar-refractivity contribution in [3.63, 3.8) is 0 Å². The van der Waals surface area contributed by atoms with Gasteiger partial charge in [-0.05, 0) is 38.8 Å². The number of hydrogen-bond acceptors (Lipinski definition) is 15. The van der Waals surface area contributed by atoms with Crippen LogP contribution in [0.5, 0.6) is 11.5 Å². The third-order valence-corrected chi connectivity index (χ3v) is 11.4. The molecule has 50 heavy (non-hydrogen) atoms. The Kier molecular flexibility index (Phi) is 9.88. The van der Waals surface area contributed by atoms with Gasteiger partial charge >= 0.3 is 11.9 Å². The summed E-state index contributed by atoms with van der Waals surface area (Å²) in [5.41, 5.74) is 3.11. The quantitative estimate of drug-likeness (QED) is 0.0487. The van der Waals surface area contributed by atoms with Crippen molar-refractivity contribution < 1.29 is 58.8 Å². The van der Waals surface area contributed by atoms with E-state index < -0.39 is 105 Å². The number of carbonyl (C=O) groups excluding carboxylic acids is 5. The number of β-lactam (4-membered cyclic amide) rings is 1. The van der Waals surface area contributed by atoms with Crippen molar-refractivity contribution in [3.8, 4) is 11.5 Å². The molecule has 0 saturated carbocycles. The molecular weight excluding hydrogens is 722 g/mol. The van der Waals surface area contributed by atoms with Crippen LogP contribution in [0.2, 0.25) is 5.02 Å². The number of anilines is 1. The molecule has 0 bridgehead atoms. The highest BCUT2D eigenvalue weighted by Crippen LogP contribution is 2.53. The molecule has 3 fully saturated rings. The highest BCUT2D eigenvalue weighted by Gasteiger charge is 2.65. The number of rotatable bonds is 13. The van der Waals surface area contributed by atoms with Gasteiger partial charge in [0, 0.05) is 36.2 Å². The van der Waals surface area contributed by atoms with E-state index in [1.54, 1.807) is 0 Å². The fourth-order valence-corrected chi connectivity index (χ4v) is 8.27. The number of Topliss-reactive ketones (excluding diaryl/α,β-unsaturated/α-hetero) is 3. The summed E-state index contributed by atoms with van der Waals surface area (Å²) in [5.74, 6) is -10.5. The molecule has 3 saturated heterocycles. The van der Waals surface area contributed by atoms with Gasteiger partial charge in [-0.15, -0.1) is 11.3 Å². The number of carboxylic acid groups (broad SMARTS) is 2. The number of thioether (sulfide) groups is 1. The summed E-state index contributed by atoms with van der Waals surface area (Å²) in [6.07, 6.45) is -0.618. The molecule has 4 heterocycles. The Hall–Kier alpha value is -4.75. The molecule has 1 unspecified atom stereocenters. The van der Waals surface area contributed by atoms with E-state index in [4.69, 9.17) is 22.2 Å². The van der Waals surface area contributed by atoms with E-state index in [9.17, 15) is 54.0 Å². The van der Waals surface area contributed by atoms with E-state index in [-0.39, 0.29) is 41.5 Å². The normalized spacial score (nSPS) is 23.7. The number of aliphatic carboxylic acids is 2. The molecule has 6 N–H and O–H groups in total. The number of piperidine rings is 1. The van der Waals surface area contributed by atoms with Gasteiger partial charge in [0.15, 0.2) is 28.1 Å². The van der Waals surface area contributed by atoms with Crippen LogP contribution in [0.15, 0.2) is 22.7 Å². The van der Waals surface area contributed by atoms with Gasteiger partial charge in [-0.2, -0.15) is 0 Å². The number of ketones is 3. The van der Waals surface area contributed by atoms with Crippen molar-refractivity contribution >= 4 is 86.6 Å². The summed E-state index contributed by atoms with van der Waals surface area (Å²) in [6, 6.07) is 2.03. The number of aromatic nitrogens is 1. The molecule has 17 nitrogen and oxygen atoms in total. The van der Waals surface area contributed by atoms with Crippen LogP contribution in [0, 0.1) is 11.8 Å². The largest absolute Gasteiger partial charge is 0.504 e. The van der Waals surface area contributed by atoms with Crippen LogP contribution in [0.3, 0.4) is 0 Å². The standard InChI is InChI=1S/C30H30ClN5O12S2/c1-29(2,26(44)45)48-34-20(15-10-49-28(32)33-15)17(38)9-14-24(43)35-11-30(27(46)47,50-25(14)35)36-7-3-4-12(23(36)42)8-18(39)21(40)13-5-6-16(37)22(41)19(13)31/h5-6,10,12,14,25,37,41H,3-4,7-9,11H2,1-2H3,(H2,32,33)(H,44,45)(H,46,47)/b34-20-/t12-,14?,25-,30-/m1/s1. The number of hydrogen-bond donors (Lipinski definition) is 5. The number of halogens is 1. The minimum atomic E-state index is -1.97. The zero-order valence-electron chi connectivity index (χ0n) is 26.3. The number of benzene rings is 1. The van der Waals surface area contributed by atoms with Gasteiger partial charge < -0.3 is 40.8 Å². The lowest BCUT2D eigenvalue weighted by Crippen LogP contribution is -2.61. The zero-order chi connectivity index (χ0) is 36.9. The average molecular weight is 752 g/mol. The summed E-state index contributed by atoms with van der Waals surface area (Å²) in [4.78, 5) is 100. The molecule has 20 heteroatoms. The Labute approximate surface area is 296 Å². The van der Waals surface area contributed by atoms with E-state index in [1.165, 1.54) is 24.1 Å². The zero-order valence-corrected chi connectivity index (χ0v) is 28.7. The Morgan fingerprint density at radius 3 is 2.44 bits per heavy atom. The second-order valence-electron chi connectivity index (χ2n) is 12.3. The average Bonchev–Trinajstić information content (AvgIpc) is 3.65. The van der Waals surface area contributed by atoms with E-state index in [0.717, 1.165) is 40.1 Å². The molecule has 4 atom stereocenters. The topological polar surface area (TPSA) is 267 Å². The highest BCUT2D eigenvalue weighted by molar-refractivity contribution is 8.02. The summed E-state index contributed by atoms with van der Waals surface area (Å²) >= 11 is 7.71. The summed E-state index contributed by atoms with van der Waals surface area (Å²) in [5, 5.41) is 43.1. The Morgan fingerprint density at radius 1 is 1.12 bits per heavy atom. The first kappa shape index (κ1) is 36.5. The third kappa shape index (κ3) is 6.47. The summed E-state index contributed by atoms with van der Waals surface area (Å²) in [7, 11) is 0. The molecule has 2 aromatic rings. The molecule has 2 amide bonds. The lowest BCUT2D eigenvalue weighted by molar-refractivity contribution is -0.161. The minimum Gasteiger partial charge on any atom is -0.504 e. The second-order valence-corrected chi connectivity index (χ2v) is 15.0. The van der Waals surface area contributed by atoms with Crippen molar-refractivity contribution in [1.82, 2.24) is 14.8 Å². The second kappa shape index (κ2) is 13.5. The number of aromatic hydroxyl groups is 2. The molecular formula is C30H30ClN5O12S2. The maximum atomic E-state index is 13.7. The number of nitrogen functional groups attached to an aromatic ring is 1. The number of thiazole rings is 1. The lowest BCUT2D eigenvalue weighted by atomic mass is 9.88. The molecule has 0 radical (unpaired) electrons. The van der Waals surface area contributed by atoms with Crippen LogP contribution in [0.4, 0.5) is 5.13 Å². The maximum Gasteiger partial charge on any atom is 0.350 e. The molecule has 0 spiro atoms. The van der Waals surface area contributed by atoms with Gasteiger partial charge in [-0.3, -0.25) is 24.0 Å². The van der Waals surface area contributed by atoms with Crippen LogP contribution in [-0.4, -0.2) is 111 Å². The number of oxime groups is 1. The summed E-state index contributed by atoms with van der Waals surface area (Å²) < 4.78 is 0. The maximum absolute atomic E-state index is 13.7. The van der Waals surface area contributed by atoms with Crippen molar-refractivity contribution in [1.29, 1.82) is 0 Å². The lowest BCUT2D eigenvalue weighted by Gasteiger charge is -2.41. The monoisotopic (exact) mass is 751 g/mol. The first-order chi connectivity index (χ1) is 23.4. The molecule has 0 aliphatic carbocycles. The predicted molar refractivity (Wildman–Crippen MR) is 176 cm³/mol. The van der Waals surface area contributed by atoms with Crippen LogP contribution < -0.4 is 5.73 Å². The highest BCUT2D eigenvalue weighted by atomic mass is 35.5. The number of nitrogens with zero attached hydrogens (tertiary/aromatic N) is 4. The van der Waals surface area contributed by atoms with E-state index in [2.05, 4.69) is 10.1 Å². The Bertz CT molecular complexity index is 1860. The van der Waals surface area contributed by atoms with E-state index in [0.29, 0.717) is 0 Å². The van der Waals surface area contributed by atoms with Gasteiger partial charge in [0.2, 0.25) is 33.9 Å². The number of fused-ring (bicyclic) bond motifs is 1. The van der Waals surface area contributed by atoms with E-state index >= 15 is 0 Å². The molecule has 266 valence electrons. The Morgan fingerprint density at radius 2 is 1.82 bits per heavy atom. The molecule has 1 aromatic carbocycles. The van der Waals surface area contributed by atoms with Gasteiger partial charge in [0.25, 0.3) is 0 Å². The van der Waals surface area contributed by atoms with Crippen LogP contribution >= 0.6 is 34.7 Å². The van der Waals surface area contributed by atoms with Gasteiger partial charge in [0.05, 0.1) is 22.9 Å². The fourth-order valence-electron chi connectivity index (χ4n) is 5.77. The molecule has 1 aromatic heterocycles. The van der Waals surface area contributed by atoms with Gasteiger partial charge in [-0.1, -0.05) is 28.5 Å². The van der Waals surface area contributed by atoms with Crippen molar-refractivity contribution in [3.05, 3.63) is 33.8 Å². The molecule has 3 aliphatic rings. The van der Waals surface area contributed by atoms with Crippen LogP contribution in [0.25, 0.3) is 0 Å². The van der Waals surface area contributed by atoms with Crippen LogP contribution in [0.1, 0.15) is 55.6 Å². The third-order valence-electron chi connectivity index (χ3n) is 8.61. The molecule has 3 aliphatic heterocycles. The number of likely N-dealkylation sites (tertiary alicyclic amines) is 1. The Balaban J connectivity index is 1.32. The summed E-state index contributed by atoms with van der Waals surface area (Å²) in [6.45, 7) is 1.99. The van der Waals surface area contributed by atoms with Crippen LogP contribution in [-0.2, 0) is 33.6 Å². The number of phenols is 2. The SMILES string of the molecule is CC(C)(O/N=C(\C(=O)CC1C(=O)N2C[C@@](C(=O)O)(N3CCC[C@H](CC(=O)C(=O)c4ccc(O)c(O)c4Cl)C3=O)S[C@H]12)c1csc(N)n1)C(=O)O. The fraction of sp³-hybridized carbons (Fsp3) is 0.433. The van der Waals surface area contributed by atoms with Crippen molar-refractivity contribution in [2.75, 3.05) is 18.8 Å². The molecule has 5 rings (SSSR count). The van der Waals surface area contributed by atoms with Crippen molar-refractivity contribution in [2.24, 2.45) is 17.0 Å². The first-order valence-electron chi connectivity index (χ1n) is 14.9. The van der Waals surface area contributed by atoms with Gasteiger partial charge in [-0.25, -0.2) is 14.6 Å². The first-order valence-corrected chi connectivity index (χ1v) is 17.1. The smallest absolute Gasteiger partial charge is 0.350 e. The minimum absolute atomic E-state index is 0.0104. The van der Waals surface area contributed by atoms with Gasteiger partial charge in [0.1, 0.15) is 5.69 Å². The predicted octanol–water partition coefficient (Wildman–Crippen LogP) is 1.73. The van der Waals surface area contributed by atoms with Crippen molar-refractivity contribution in [2.45, 2.75) is 55.4 Å². The number of nitrogens with two attached hydrogens (primary N) is 1. The number of phenolic OH excluding ortho intramolecular Hbond substituents is 2. The number of amides is 2.